The van der Waals surface area contributed by atoms with Crippen molar-refractivity contribution in [2.45, 2.75) is 25.9 Å². The highest BCUT2D eigenvalue weighted by molar-refractivity contribution is 6.36. The van der Waals surface area contributed by atoms with Crippen LogP contribution in [0.3, 0.4) is 0 Å². The molecule has 0 spiro atoms. The molecule has 0 saturated heterocycles. The SMILES string of the molecule is C=CC[C@H](Cc1c(Cl)cc(OCc2ccccc2)cc1Cl)C(=O)n1c(Cc2ccccc2)coc1=O. The molecular formula is C29H25Cl2NO4. The second-order valence-corrected chi connectivity index (χ2v) is 9.21. The standard InChI is InChI=1S/C29H25Cl2NO4/c1-2-9-22(28(33)32-23(19-36-29(32)34)14-20-10-5-3-6-11-20)15-25-26(30)16-24(17-27(25)31)35-18-21-12-7-4-8-13-21/h2-8,10-13,16-17,19,22H,1,9,14-15,18H2/t22-/m1/s1. The lowest BCUT2D eigenvalue weighted by Gasteiger charge is -2.18. The number of nitrogens with zero attached hydrogens (tertiary/aromatic N) is 1. The van der Waals surface area contributed by atoms with Crippen molar-refractivity contribution in [2.24, 2.45) is 5.92 Å². The summed E-state index contributed by atoms with van der Waals surface area (Å²) in [4.78, 5) is 26.0. The van der Waals surface area contributed by atoms with Crippen molar-refractivity contribution in [1.29, 1.82) is 0 Å². The minimum Gasteiger partial charge on any atom is -0.489 e. The van der Waals surface area contributed by atoms with E-state index in [9.17, 15) is 9.59 Å². The summed E-state index contributed by atoms with van der Waals surface area (Å²) in [5.74, 6) is -1.20. The van der Waals surface area contributed by atoms with E-state index >= 15 is 0 Å². The van der Waals surface area contributed by atoms with E-state index in [0.717, 1.165) is 15.7 Å². The number of hydrogen-bond acceptors (Lipinski definition) is 4. The van der Waals surface area contributed by atoms with Crippen LogP contribution < -0.4 is 10.5 Å². The molecule has 3 aromatic carbocycles. The van der Waals surface area contributed by atoms with Crippen LogP contribution in [0.25, 0.3) is 0 Å². The molecule has 0 radical (unpaired) electrons. The van der Waals surface area contributed by atoms with E-state index in [-0.39, 0.29) is 6.42 Å². The van der Waals surface area contributed by atoms with Gasteiger partial charge in [0.1, 0.15) is 18.6 Å². The van der Waals surface area contributed by atoms with Gasteiger partial charge >= 0.3 is 5.76 Å². The lowest BCUT2D eigenvalue weighted by molar-refractivity contribution is 0.0822. The summed E-state index contributed by atoms with van der Waals surface area (Å²) in [7, 11) is 0. The molecule has 1 atom stereocenters. The number of ether oxygens (including phenoxy) is 1. The number of hydrogen-bond donors (Lipinski definition) is 0. The Kier molecular flexibility index (Phi) is 8.47. The fourth-order valence-electron chi connectivity index (χ4n) is 4.00. The largest absolute Gasteiger partial charge is 0.489 e. The highest BCUT2D eigenvalue weighted by atomic mass is 35.5. The van der Waals surface area contributed by atoms with Crippen LogP contribution in [0.2, 0.25) is 10.0 Å². The van der Waals surface area contributed by atoms with Gasteiger partial charge in [-0.2, -0.15) is 0 Å². The molecule has 4 aromatic rings. The topological polar surface area (TPSA) is 61.4 Å². The van der Waals surface area contributed by atoms with Crippen molar-refractivity contribution in [1.82, 2.24) is 4.57 Å². The van der Waals surface area contributed by atoms with Crippen LogP contribution in [0.4, 0.5) is 0 Å². The van der Waals surface area contributed by atoms with Crippen molar-refractivity contribution in [3.05, 3.63) is 135 Å². The quantitative estimate of drug-likeness (QED) is 0.211. The first kappa shape index (κ1) is 25.5. The smallest absolute Gasteiger partial charge is 0.426 e. The zero-order valence-electron chi connectivity index (χ0n) is 19.5. The fourth-order valence-corrected chi connectivity index (χ4v) is 4.62. The zero-order chi connectivity index (χ0) is 25.5. The van der Waals surface area contributed by atoms with Crippen LogP contribution in [-0.4, -0.2) is 10.5 Å². The second-order valence-electron chi connectivity index (χ2n) is 8.39. The molecule has 7 heteroatoms. The third-order valence-corrected chi connectivity index (χ3v) is 6.50. The third-order valence-electron chi connectivity index (χ3n) is 5.83. The number of carbonyl (C=O) groups excluding carboxylic acids is 1. The second kappa shape index (κ2) is 11.9. The van der Waals surface area contributed by atoms with Crippen LogP contribution in [0.1, 0.15) is 33.6 Å². The van der Waals surface area contributed by atoms with Gasteiger partial charge in [-0.15, -0.1) is 6.58 Å². The van der Waals surface area contributed by atoms with E-state index in [1.54, 1.807) is 18.2 Å². The van der Waals surface area contributed by atoms with Gasteiger partial charge in [0.15, 0.2) is 0 Å². The maximum absolute atomic E-state index is 13.5. The van der Waals surface area contributed by atoms with Crippen molar-refractivity contribution in [2.75, 3.05) is 0 Å². The molecule has 0 saturated carbocycles. The van der Waals surface area contributed by atoms with E-state index in [4.69, 9.17) is 32.4 Å². The Balaban J connectivity index is 1.55. The molecule has 0 aliphatic rings. The molecule has 5 nitrogen and oxygen atoms in total. The number of oxazole rings is 1. The highest BCUT2D eigenvalue weighted by Crippen LogP contribution is 2.33. The molecule has 36 heavy (non-hydrogen) atoms. The van der Waals surface area contributed by atoms with Gasteiger partial charge < -0.3 is 9.15 Å². The summed E-state index contributed by atoms with van der Waals surface area (Å²) < 4.78 is 12.0. The van der Waals surface area contributed by atoms with E-state index in [1.165, 1.54) is 6.26 Å². The number of rotatable bonds is 10. The zero-order valence-corrected chi connectivity index (χ0v) is 21.0. The van der Waals surface area contributed by atoms with Crippen LogP contribution >= 0.6 is 23.2 Å². The van der Waals surface area contributed by atoms with Crippen LogP contribution in [0.15, 0.2) is 101 Å². The van der Waals surface area contributed by atoms with E-state index in [1.807, 2.05) is 60.7 Å². The lowest BCUT2D eigenvalue weighted by Crippen LogP contribution is -2.32. The van der Waals surface area contributed by atoms with Gasteiger partial charge in [-0.3, -0.25) is 4.79 Å². The van der Waals surface area contributed by atoms with Crippen LogP contribution in [-0.2, 0) is 19.4 Å². The van der Waals surface area contributed by atoms with Gasteiger partial charge in [0.2, 0.25) is 5.91 Å². The molecule has 0 aliphatic carbocycles. The number of allylic oxidation sites excluding steroid dienone is 1. The van der Waals surface area contributed by atoms with Crippen LogP contribution in [0.5, 0.6) is 5.75 Å². The summed E-state index contributed by atoms with van der Waals surface area (Å²) in [6, 6.07) is 22.7. The molecule has 0 fully saturated rings. The van der Waals surface area contributed by atoms with Gasteiger partial charge in [0, 0.05) is 22.4 Å². The van der Waals surface area contributed by atoms with Crippen LogP contribution in [0, 0.1) is 5.92 Å². The number of aromatic nitrogens is 1. The Hall–Kier alpha value is -3.54. The predicted octanol–water partition coefficient (Wildman–Crippen LogP) is 6.99. The van der Waals surface area contributed by atoms with Gasteiger partial charge in [-0.05, 0) is 41.7 Å². The summed E-state index contributed by atoms with van der Waals surface area (Å²) >= 11 is 13.1. The van der Waals surface area contributed by atoms with Gasteiger partial charge in [-0.25, -0.2) is 9.36 Å². The van der Waals surface area contributed by atoms with E-state index < -0.39 is 17.6 Å². The Morgan fingerprint density at radius 3 is 2.22 bits per heavy atom. The van der Waals surface area contributed by atoms with Gasteiger partial charge in [-0.1, -0.05) is 89.9 Å². The fraction of sp³-hybridized carbons (Fsp3) is 0.172. The Bertz CT molecular complexity index is 1370. The van der Waals surface area contributed by atoms with Gasteiger partial charge in [0.05, 0.1) is 5.69 Å². The first-order valence-corrected chi connectivity index (χ1v) is 12.2. The molecule has 1 aromatic heterocycles. The number of benzene rings is 3. The first-order valence-electron chi connectivity index (χ1n) is 11.5. The molecule has 4 rings (SSSR count). The van der Waals surface area contributed by atoms with Gasteiger partial charge in [0.25, 0.3) is 0 Å². The van der Waals surface area contributed by atoms with E-state index in [2.05, 4.69) is 6.58 Å². The molecule has 0 N–H and O–H groups in total. The minimum absolute atomic E-state index is 0.226. The van der Waals surface area contributed by atoms with E-state index in [0.29, 0.717) is 46.5 Å². The summed E-state index contributed by atoms with van der Waals surface area (Å²) in [5.41, 5.74) is 3.05. The number of halogens is 2. The predicted molar refractivity (Wildman–Crippen MR) is 142 cm³/mol. The average Bonchev–Trinajstić information content (AvgIpc) is 3.24. The molecular weight excluding hydrogens is 497 g/mol. The highest BCUT2D eigenvalue weighted by Gasteiger charge is 2.26. The molecule has 0 bridgehead atoms. The Morgan fingerprint density at radius 2 is 1.61 bits per heavy atom. The molecule has 1 heterocycles. The molecule has 0 amide bonds. The normalized spacial score (nSPS) is 11.7. The average molecular weight is 522 g/mol. The third kappa shape index (κ3) is 6.17. The van der Waals surface area contributed by atoms with Crippen molar-refractivity contribution < 1.29 is 13.9 Å². The van der Waals surface area contributed by atoms with Crippen molar-refractivity contribution >= 4 is 29.1 Å². The molecule has 184 valence electrons. The van der Waals surface area contributed by atoms with Crippen molar-refractivity contribution in [3.63, 3.8) is 0 Å². The maximum atomic E-state index is 13.5. The monoisotopic (exact) mass is 521 g/mol. The molecule has 0 aliphatic heterocycles. The summed E-state index contributed by atoms with van der Waals surface area (Å²) in [6.07, 6.45) is 3.92. The summed E-state index contributed by atoms with van der Waals surface area (Å²) in [5, 5.41) is 0.771. The first-order chi connectivity index (χ1) is 17.5. The summed E-state index contributed by atoms with van der Waals surface area (Å²) in [6.45, 7) is 4.15. The Labute approximate surface area is 219 Å². The maximum Gasteiger partial charge on any atom is 0.426 e. The van der Waals surface area contributed by atoms with Crippen molar-refractivity contribution in [3.8, 4) is 5.75 Å². The molecule has 0 unspecified atom stereocenters. The minimum atomic E-state index is -0.721. The Morgan fingerprint density at radius 1 is 1.00 bits per heavy atom. The lowest BCUT2D eigenvalue weighted by atomic mass is 9.94. The number of carbonyl (C=O) groups is 1.